The van der Waals surface area contributed by atoms with Gasteiger partial charge in [-0.25, -0.2) is 0 Å². The van der Waals surface area contributed by atoms with Gasteiger partial charge in [0.1, 0.15) is 11.9 Å². The maximum atomic E-state index is 5.73. The highest BCUT2D eigenvalue weighted by atomic mass is 16.5. The van der Waals surface area contributed by atoms with E-state index in [4.69, 9.17) is 10.5 Å². The third kappa shape index (κ3) is 4.49. The van der Waals surface area contributed by atoms with Crippen molar-refractivity contribution in [1.82, 2.24) is 4.90 Å². The van der Waals surface area contributed by atoms with Gasteiger partial charge in [-0.05, 0) is 36.8 Å². The van der Waals surface area contributed by atoms with Gasteiger partial charge >= 0.3 is 0 Å². The Morgan fingerprint density at radius 3 is 2.25 bits per heavy atom. The molecule has 2 N–H and O–H groups in total. The summed E-state index contributed by atoms with van der Waals surface area (Å²) >= 11 is 0. The zero-order valence-corrected chi connectivity index (χ0v) is 14.4. The third-order valence-electron chi connectivity index (χ3n) is 4.49. The quantitative estimate of drug-likeness (QED) is 0.887. The molecule has 2 aromatic carbocycles. The van der Waals surface area contributed by atoms with Crippen LogP contribution < -0.4 is 15.4 Å². The van der Waals surface area contributed by atoms with Gasteiger partial charge in [0.2, 0.25) is 0 Å². The summed E-state index contributed by atoms with van der Waals surface area (Å²) in [5.74, 6) is 0.894. The van der Waals surface area contributed by atoms with Gasteiger partial charge < -0.3 is 15.4 Å². The minimum absolute atomic E-state index is 0.0573. The van der Waals surface area contributed by atoms with Crippen LogP contribution in [0.5, 0.6) is 5.75 Å². The average Bonchev–Trinajstić information content (AvgIpc) is 2.64. The molecule has 0 unspecified atom stereocenters. The van der Waals surface area contributed by atoms with Crippen molar-refractivity contribution in [3.8, 4) is 5.75 Å². The van der Waals surface area contributed by atoms with Gasteiger partial charge in [-0.2, -0.15) is 0 Å². The minimum Gasteiger partial charge on any atom is -0.489 e. The zero-order chi connectivity index (χ0) is 16.8. The number of nitrogens with two attached hydrogens (primary N) is 1. The molecule has 1 fully saturated rings. The van der Waals surface area contributed by atoms with Gasteiger partial charge in [-0.15, -0.1) is 0 Å². The summed E-state index contributed by atoms with van der Waals surface area (Å²) in [5.41, 5.74) is 8.25. The first-order chi connectivity index (χ1) is 11.7. The van der Waals surface area contributed by atoms with E-state index in [0.717, 1.165) is 38.5 Å². The molecule has 0 aromatic heterocycles. The smallest absolute Gasteiger partial charge is 0.119 e. The van der Waals surface area contributed by atoms with Gasteiger partial charge in [0.25, 0.3) is 0 Å². The van der Waals surface area contributed by atoms with Crippen LogP contribution in [-0.2, 0) is 6.54 Å². The number of benzene rings is 2. The maximum absolute atomic E-state index is 5.73. The van der Waals surface area contributed by atoms with E-state index in [1.165, 1.54) is 11.3 Å². The third-order valence-corrected chi connectivity index (χ3v) is 4.49. The van der Waals surface area contributed by atoms with Crippen molar-refractivity contribution in [2.75, 3.05) is 37.6 Å². The second kappa shape index (κ2) is 8.18. The number of hydrogen-bond donors (Lipinski definition) is 1. The molecule has 0 saturated carbocycles. The lowest BCUT2D eigenvalue weighted by atomic mass is 10.2. The van der Waals surface area contributed by atoms with Crippen molar-refractivity contribution in [3.63, 3.8) is 0 Å². The lowest BCUT2D eigenvalue weighted by Gasteiger charge is -2.36. The molecule has 1 saturated heterocycles. The summed E-state index contributed by atoms with van der Waals surface area (Å²) in [5, 5.41) is 0. The van der Waals surface area contributed by atoms with E-state index in [2.05, 4.69) is 52.3 Å². The number of ether oxygens (including phenoxy) is 1. The molecule has 0 spiro atoms. The molecule has 128 valence electrons. The topological polar surface area (TPSA) is 41.7 Å². The predicted molar refractivity (Wildman–Crippen MR) is 99.5 cm³/mol. The van der Waals surface area contributed by atoms with Crippen molar-refractivity contribution in [1.29, 1.82) is 0 Å². The maximum Gasteiger partial charge on any atom is 0.119 e. The molecule has 0 bridgehead atoms. The molecule has 24 heavy (non-hydrogen) atoms. The Kier molecular flexibility index (Phi) is 5.72. The molecular weight excluding hydrogens is 298 g/mol. The Bertz CT molecular complexity index is 607. The molecule has 3 rings (SSSR count). The van der Waals surface area contributed by atoms with Crippen LogP contribution >= 0.6 is 0 Å². The first kappa shape index (κ1) is 16.8. The summed E-state index contributed by atoms with van der Waals surface area (Å²) in [4.78, 5) is 4.97. The number of anilines is 1. The fourth-order valence-electron chi connectivity index (χ4n) is 3.02. The Balaban J connectivity index is 1.49. The summed E-state index contributed by atoms with van der Waals surface area (Å²) in [6.07, 6.45) is 0.0573. The second-order valence-electron chi connectivity index (χ2n) is 6.41. The Morgan fingerprint density at radius 2 is 1.62 bits per heavy atom. The first-order valence-corrected chi connectivity index (χ1v) is 8.72. The number of rotatable bonds is 6. The molecule has 1 aliphatic heterocycles. The van der Waals surface area contributed by atoms with Gasteiger partial charge in [-0.3, -0.25) is 4.90 Å². The van der Waals surface area contributed by atoms with Crippen LogP contribution in [0.25, 0.3) is 0 Å². The Morgan fingerprint density at radius 1 is 0.958 bits per heavy atom. The lowest BCUT2D eigenvalue weighted by Crippen LogP contribution is -2.45. The SMILES string of the molecule is C[C@H](CN)Oc1ccc(CN2CCN(c3ccccc3)CC2)cc1. The molecule has 1 heterocycles. The monoisotopic (exact) mass is 325 g/mol. The van der Waals surface area contributed by atoms with Crippen molar-refractivity contribution < 1.29 is 4.74 Å². The van der Waals surface area contributed by atoms with E-state index < -0.39 is 0 Å². The normalized spacial score (nSPS) is 16.8. The summed E-state index contributed by atoms with van der Waals surface area (Å²) in [6, 6.07) is 19.1. The number of para-hydroxylation sites is 1. The highest BCUT2D eigenvalue weighted by Gasteiger charge is 2.17. The molecule has 0 radical (unpaired) electrons. The molecule has 2 aromatic rings. The average molecular weight is 325 g/mol. The van der Waals surface area contributed by atoms with E-state index in [1.54, 1.807) is 0 Å². The highest BCUT2D eigenvalue weighted by Crippen LogP contribution is 2.18. The summed E-state index contributed by atoms with van der Waals surface area (Å²) in [6.45, 7) is 7.87. The zero-order valence-electron chi connectivity index (χ0n) is 14.4. The van der Waals surface area contributed by atoms with Crippen LogP contribution in [0.1, 0.15) is 12.5 Å². The number of piperazine rings is 1. The van der Waals surface area contributed by atoms with Crippen LogP contribution in [0.2, 0.25) is 0 Å². The van der Waals surface area contributed by atoms with Crippen LogP contribution in [-0.4, -0.2) is 43.7 Å². The van der Waals surface area contributed by atoms with E-state index in [9.17, 15) is 0 Å². The summed E-state index contributed by atoms with van der Waals surface area (Å²) < 4.78 is 5.73. The van der Waals surface area contributed by atoms with E-state index in [0.29, 0.717) is 6.54 Å². The first-order valence-electron chi connectivity index (χ1n) is 8.72. The van der Waals surface area contributed by atoms with Crippen LogP contribution in [0.15, 0.2) is 54.6 Å². The van der Waals surface area contributed by atoms with Gasteiger partial charge in [-0.1, -0.05) is 30.3 Å². The predicted octanol–water partition coefficient (Wildman–Crippen LogP) is 2.73. The summed E-state index contributed by atoms with van der Waals surface area (Å²) in [7, 11) is 0. The van der Waals surface area contributed by atoms with E-state index in [-0.39, 0.29) is 6.10 Å². The number of hydrogen-bond acceptors (Lipinski definition) is 4. The fourth-order valence-corrected chi connectivity index (χ4v) is 3.02. The van der Waals surface area contributed by atoms with E-state index in [1.807, 2.05) is 19.1 Å². The van der Waals surface area contributed by atoms with Crippen LogP contribution in [0, 0.1) is 0 Å². The van der Waals surface area contributed by atoms with Crippen molar-refractivity contribution in [3.05, 3.63) is 60.2 Å². The van der Waals surface area contributed by atoms with Gasteiger partial charge in [0.05, 0.1) is 0 Å². The molecule has 0 aliphatic carbocycles. The molecule has 4 nitrogen and oxygen atoms in total. The Labute approximate surface area is 144 Å². The minimum atomic E-state index is 0.0573. The molecule has 1 aliphatic rings. The van der Waals surface area contributed by atoms with E-state index >= 15 is 0 Å². The lowest BCUT2D eigenvalue weighted by molar-refractivity contribution is 0.229. The standard InChI is InChI=1S/C20H27N3O/c1-17(15-21)24-20-9-7-18(8-10-20)16-22-11-13-23(14-12-22)19-5-3-2-4-6-19/h2-10,17H,11-16,21H2,1H3/t17-/m1/s1. The van der Waals surface area contributed by atoms with Crippen molar-refractivity contribution >= 4 is 5.69 Å². The van der Waals surface area contributed by atoms with Gasteiger partial charge in [0, 0.05) is 45.0 Å². The molecule has 1 atom stereocenters. The van der Waals surface area contributed by atoms with Gasteiger partial charge in [0.15, 0.2) is 0 Å². The van der Waals surface area contributed by atoms with Crippen LogP contribution in [0.3, 0.4) is 0 Å². The molecule has 4 heteroatoms. The second-order valence-corrected chi connectivity index (χ2v) is 6.41. The van der Waals surface area contributed by atoms with Crippen molar-refractivity contribution in [2.45, 2.75) is 19.6 Å². The molecule has 0 amide bonds. The fraction of sp³-hybridized carbons (Fsp3) is 0.400. The largest absolute Gasteiger partial charge is 0.489 e. The number of nitrogens with zero attached hydrogens (tertiary/aromatic N) is 2. The van der Waals surface area contributed by atoms with Crippen molar-refractivity contribution in [2.24, 2.45) is 5.73 Å². The highest BCUT2D eigenvalue weighted by molar-refractivity contribution is 5.46. The molecular formula is C20H27N3O. The Hall–Kier alpha value is -2.04. The van der Waals surface area contributed by atoms with Crippen LogP contribution in [0.4, 0.5) is 5.69 Å².